The molecule has 0 radical (unpaired) electrons. The molecule has 0 bridgehead atoms. The van der Waals surface area contributed by atoms with E-state index in [1.807, 2.05) is 12.1 Å². The topological polar surface area (TPSA) is 29.3 Å². The highest BCUT2D eigenvalue weighted by molar-refractivity contribution is 6.31. The molecule has 2 N–H and O–H groups in total. The summed E-state index contributed by atoms with van der Waals surface area (Å²) in [6.45, 7) is 4.27. The van der Waals surface area contributed by atoms with Gasteiger partial charge in [-0.2, -0.15) is 0 Å². The van der Waals surface area contributed by atoms with E-state index in [1.54, 1.807) is 0 Å². The van der Waals surface area contributed by atoms with Crippen molar-refractivity contribution in [2.75, 3.05) is 12.3 Å². The summed E-state index contributed by atoms with van der Waals surface area (Å²) in [6.07, 6.45) is 6.81. The minimum atomic E-state index is 0.734. The standard InChI is InChI=1S/C15H23ClN2/c1-2-18(14-6-4-3-5-7-14)11-12-8-9-13(17)10-15(12)16/h8-10,14H,2-7,11,17H2,1H3. The van der Waals surface area contributed by atoms with Gasteiger partial charge in [0.05, 0.1) is 0 Å². The Labute approximate surface area is 115 Å². The molecule has 100 valence electrons. The van der Waals surface area contributed by atoms with E-state index in [9.17, 15) is 0 Å². The first-order chi connectivity index (χ1) is 8.70. The fourth-order valence-corrected chi connectivity index (χ4v) is 3.10. The maximum absolute atomic E-state index is 6.26. The summed E-state index contributed by atoms with van der Waals surface area (Å²) >= 11 is 6.26. The van der Waals surface area contributed by atoms with Gasteiger partial charge in [-0.05, 0) is 37.1 Å². The second kappa shape index (κ2) is 6.44. The van der Waals surface area contributed by atoms with Crippen LogP contribution >= 0.6 is 11.6 Å². The third kappa shape index (κ3) is 3.39. The number of nitrogens with two attached hydrogens (primary N) is 1. The number of rotatable bonds is 4. The van der Waals surface area contributed by atoms with Crippen LogP contribution in [0.5, 0.6) is 0 Å². The Kier molecular flexibility index (Phi) is 4.90. The van der Waals surface area contributed by atoms with Crippen molar-refractivity contribution in [3.05, 3.63) is 28.8 Å². The Hall–Kier alpha value is -0.730. The Morgan fingerprint density at radius 1 is 1.28 bits per heavy atom. The number of benzene rings is 1. The molecule has 18 heavy (non-hydrogen) atoms. The van der Waals surface area contributed by atoms with Crippen molar-refractivity contribution < 1.29 is 0 Å². The summed E-state index contributed by atoms with van der Waals surface area (Å²) in [7, 11) is 0. The Morgan fingerprint density at radius 2 is 2.00 bits per heavy atom. The van der Waals surface area contributed by atoms with Gasteiger partial charge in [-0.25, -0.2) is 0 Å². The summed E-state index contributed by atoms with van der Waals surface area (Å²) in [4.78, 5) is 2.55. The average Bonchev–Trinajstić information content (AvgIpc) is 2.39. The minimum absolute atomic E-state index is 0.734. The van der Waals surface area contributed by atoms with Crippen molar-refractivity contribution in [1.82, 2.24) is 4.90 Å². The van der Waals surface area contributed by atoms with Gasteiger partial charge in [0.2, 0.25) is 0 Å². The molecule has 1 aromatic rings. The molecule has 0 unspecified atom stereocenters. The zero-order chi connectivity index (χ0) is 13.0. The molecular weight excluding hydrogens is 244 g/mol. The first-order valence-electron chi connectivity index (χ1n) is 6.98. The number of halogens is 1. The van der Waals surface area contributed by atoms with E-state index in [4.69, 9.17) is 17.3 Å². The van der Waals surface area contributed by atoms with Crippen LogP contribution in [-0.4, -0.2) is 17.5 Å². The fourth-order valence-electron chi connectivity index (χ4n) is 2.86. The highest BCUT2D eigenvalue weighted by Gasteiger charge is 2.20. The lowest BCUT2D eigenvalue weighted by molar-refractivity contribution is 0.156. The van der Waals surface area contributed by atoms with Gasteiger partial charge in [0.1, 0.15) is 0 Å². The second-order valence-corrected chi connectivity index (χ2v) is 5.61. The third-order valence-corrected chi connectivity index (χ3v) is 4.30. The van der Waals surface area contributed by atoms with Gasteiger partial charge < -0.3 is 5.73 Å². The molecule has 2 rings (SSSR count). The van der Waals surface area contributed by atoms with Crippen molar-refractivity contribution in [2.45, 2.75) is 51.6 Å². The van der Waals surface area contributed by atoms with Gasteiger partial charge >= 0.3 is 0 Å². The van der Waals surface area contributed by atoms with Crippen LogP contribution in [0.2, 0.25) is 5.02 Å². The van der Waals surface area contributed by atoms with E-state index < -0.39 is 0 Å². The molecule has 0 spiro atoms. The molecular formula is C15H23ClN2. The zero-order valence-corrected chi connectivity index (χ0v) is 11.9. The minimum Gasteiger partial charge on any atom is -0.399 e. The summed E-state index contributed by atoms with van der Waals surface area (Å²) in [5, 5.41) is 0.796. The summed E-state index contributed by atoms with van der Waals surface area (Å²) in [5.74, 6) is 0. The predicted octanol–water partition coefficient (Wildman–Crippen LogP) is 4.08. The maximum Gasteiger partial charge on any atom is 0.0471 e. The average molecular weight is 267 g/mol. The predicted molar refractivity (Wildman–Crippen MR) is 78.8 cm³/mol. The number of anilines is 1. The van der Waals surface area contributed by atoms with Gasteiger partial charge in [-0.3, -0.25) is 4.90 Å². The number of hydrogen-bond acceptors (Lipinski definition) is 2. The monoisotopic (exact) mass is 266 g/mol. The molecule has 0 heterocycles. The summed E-state index contributed by atoms with van der Waals surface area (Å²) in [6, 6.07) is 6.59. The number of nitrogens with zero attached hydrogens (tertiary/aromatic N) is 1. The van der Waals surface area contributed by atoms with E-state index in [0.717, 1.165) is 29.8 Å². The lowest BCUT2D eigenvalue weighted by atomic mass is 9.94. The third-order valence-electron chi connectivity index (χ3n) is 3.95. The van der Waals surface area contributed by atoms with Crippen LogP contribution in [-0.2, 0) is 6.54 Å². The van der Waals surface area contributed by atoms with Crippen LogP contribution in [0.3, 0.4) is 0 Å². The van der Waals surface area contributed by atoms with E-state index in [1.165, 1.54) is 37.7 Å². The lowest BCUT2D eigenvalue weighted by Crippen LogP contribution is -2.36. The first kappa shape index (κ1) is 13.7. The highest BCUT2D eigenvalue weighted by Crippen LogP contribution is 2.26. The molecule has 0 amide bonds. The summed E-state index contributed by atoms with van der Waals surface area (Å²) in [5.41, 5.74) is 7.67. The van der Waals surface area contributed by atoms with Crippen LogP contribution in [0.25, 0.3) is 0 Å². The fraction of sp³-hybridized carbons (Fsp3) is 0.600. The molecule has 1 saturated carbocycles. The Balaban J connectivity index is 2.04. The number of nitrogen functional groups attached to an aromatic ring is 1. The highest BCUT2D eigenvalue weighted by atomic mass is 35.5. The van der Waals surface area contributed by atoms with E-state index in [2.05, 4.69) is 17.9 Å². The van der Waals surface area contributed by atoms with Gasteiger partial charge in [-0.1, -0.05) is 43.9 Å². The quantitative estimate of drug-likeness (QED) is 0.832. The Bertz CT molecular complexity index is 386. The zero-order valence-electron chi connectivity index (χ0n) is 11.2. The van der Waals surface area contributed by atoms with E-state index in [-0.39, 0.29) is 0 Å². The molecule has 1 aliphatic carbocycles. The lowest BCUT2D eigenvalue weighted by Gasteiger charge is -2.33. The second-order valence-electron chi connectivity index (χ2n) is 5.21. The van der Waals surface area contributed by atoms with Crippen LogP contribution in [0.1, 0.15) is 44.6 Å². The Morgan fingerprint density at radius 3 is 2.61 bits per heavy atom. The van der Waals surface area contributed by atoms with Crippen LogP contribution < -0.4 is 5.73 Å². The van der Waals surface area contributed by atoms with Gasteiger partial charge in [0.25, 0.3) is 0 Å². The first-order valence-corrected chi connectivity index (χ1v) is 7.36. The van der Waals surface area contributed by atoms with E-state index >= 15 is 0 Å². The van der Waals surface area contributed by atoms with Crippen molar-refractivity contribution in [2.24, 2.45) is 0 Å². The van der Waals surface area contributed by atoms with Crippen molar-refractivity contribution >= 4 is 17.3 Å². The summed E-state index contributed by atoms with van der Waals surface area (Å²) < 4.78 is 0. The van der Waals surface area contributed by atoms with Crippen LogP contribution in [0.4, 0.5) is 5.69 Å². The largest absolute Gasteiger partial charge is 0.399 e. The van der Waals surface area contributed by atoms with Gasteiger partial charge in [0.15, 0.2) is 0 Å². The molecule has 1 aliphatic rings. The smallest absolute Gasteiger partial charge is 0.0471 e. The molecule has 3 heteroatoms. The van der Waals surface area contributed by atoms with Crippen molar-refractivity contribution in [3.63, 3.8) is 0 Å². The number of hydrogen-bond donors (Lipinski definition) is 1. The molecule has 2 nitrogen and oxygen atoms in total. The molecule has 0 saturated heterocycles. The van der Waals surface area contributed by atoms with Crippen LogP contribution in [0.15, 0.2) is 18.2 Å². The van der Waals surface area contributed by atoms with Gasteiger partial charge in [0, 0.05) is 23.3 Å². The molecule has 0 aromatic heterocycles. The maximum atomic E-state index is 6.26. The van der Waals surface area contributed by atoms with Crippen molar-refractivity contribution in [1.29, 1.82) is 0 Å². The van der Waals surface area contributed by atoms with Crippen LogP contribution in [0, 0.1) is 0 Å². The van der Waals surface area contributed by atoms with E-state index in [0.29, 0.717) is 0 Å². The molecule has 1 fully saturated rings. The molecule has 1 aromatic carbocycles. The van der Waals surface area contributed by atoms with Crippen molar-refractivity contribution in [3.8, 4) is 0 Å². The normalized spacial score (nSPS) is 17.3. The van der Waals surface area contributed by atoms with Gasteiger partial charge in [-0.15, -0.1) is 0 Å². The SMILES string of the molecule is CCN(Cc1ccc(N)cc1Cl)C1CCCCC1. The molecule has 0 atom stereocenters. The molecule has 0 aliphatic heterocycles.